The number of urea groups is 1. The van der Waals surface area contributed by atoms with Crippen molar-refractivity contribution in [2.45, 2.75) is 6.36 Å². The third-order valence-electron chi connectivity index (χ3n) is 3.27. The van der Waals surface area contributed by atoms with E-state index in [0.717, 1.165) is 30.3 Å². The van der Waals surface area contributed by atoms with Crippen molar-refractivity contribution < 1.29 is 31.9 Å². The summed E-state index contributed by atoms with van der Waals surface area (Å²) in [6.45, 7) is 0.234. The monoisotopic (exact) mass is 434 g/mol. The van der Waals surface area contributed by atoms with Gasteiger partial charge in [-0.2, -0.15) is 0 Å². The molecule has 0 heterocycles. The zero-order valence-corrected chi connectivity index (χ0v) is 15.3. The van der Waals surface area contributed by atoms with Crippen LogP contribution in [0, 0.1) is 5.82 Å². The molecule has 7 nitrogen and oxygen atoms in total. The lowest BCUT2D eigenvalue weighted by molar-refractivity contribution is -0.274. The number of carbonyl (C=O) groups is 2. The largest absolute Gasteiger partial charge is 0.573 e. The van der Waals surface area contributed by atoms with Crippen LogP contribution in [-0.2, 0) is 0 Å². The molecule has 3 amide bonds. The van der Waals surface area contributed by atoms with E-state index in [9.17, 15) is 27.2 Å². The topological polar surface area (TPSA) is 105 Å². The summed E-state index contributed by atoms with van der Waals surface area (Å²) in [7, 11) is 0. The van der Waals surface area contributed by atoms with Crippen molar-refractivity contribution in [2.75, 3.05) is 23.7 Å². The van der Waals surface area contributed by atoms with Crippen molar-refractivity contribution in [1.29, 1.82) is 0 Å². The maximum absolute atomic E-state index is 13.4. The molecule has 0 unspecified atom stereocenters. The van der Waals surface area contributed by atoms with Gasteiger partial charge in [0.25, 0.3) is 5.91 Å². The Kier molecular flexibility index (Phi) is 7.23. The number of rotatable bonds is 6. The summed E-state index contributed by atoms with van der Waals surface area (Å²) in [5, 5.41) is 6.93. The van der Waals surface area contributed by atoms with Gasteiger partial charge in [-0.3, -0.25) is 4.79 Å². The molecular formula is C17H15ClF4N4O3. The quantitative estimate of drug-likeness (QED) is 0.520. The molecule has 0 bridgehead atoms. The summed E-state index contributed by atoms with van der Waals surface area (Å²) in [6.07, 6.45) is -4.97. The third kappa shape index (κ3) is 7.12. The maximum atomic E-state index is 13.4. The molecule has 0 aliphatic carbocycles. The number of alkyl halides is 3. The van der Waals surface area contributed by atoms with E-state index in [0.29, 0.717) is 0 Å². The first-order valence-electron chi connectivity index (χ1n) is 7.99. The van der Waals surface area contributed by atoms with Crippen molar-refractivity contribution in [3.8, 4) is 5.75 Å². The van der Waals surface area contributed by atoms with Gasteiger partial charge in [-0.1, -0.05) is 11.6 Å². The van der Waals surface area contributed by atoms with Crippen LogP contribution in [0.1, 0.15) is 10.4 Å². The number of hydrogen-bond donors (Lipinski definition) is 4. The highest BCUT2D eigenvalue weighted by molar-refractivity contribution is 6.31. The zero-order chi connectivity index (χ0) is 21.6. The van der Waals surface area contributed by atoms with Crippen LogP contribution in [0.25, 0.3) is 0 Å². The smallest absolute Gasteiger partial charge is 0.406 e. The van der Waals surface area contributed by atoms with Crippen LogP contribution in [0.4, 0.5) is 33.7 Å². The van der Waals surface area contributed by atoms with E-state index < -0.39 is 29.9 Å². The van der Waals surface area contributed by atoms with Crippen LogP contribution in [0.3, 0.4) is 0 Å². The number of nitrogens with one attached hydrogen (secondary N) is 3. The summed E-state index contributed by atoms with van der Waals surface area (Å²) < 4.78 is 54.5. The Hall–Kier alpha value is -3.05. The summed E-state index contributed by atoms with van der Waals surface area (Å²) in [5.74, 6) is -2.05. The molecule has 2 aromatic rings. The number of halogens is 5. The molecule has 12 heteroatoms. The first kappa shape index (κ1) is 22.2. The van der Waals surface area contributed by atoms with Gasteiger partial charge in [0.15, 0.2) is 0 Å². The second-order valence-corrected chi connectivity index (χ2v) is 5.97. The van der Waals surface area contributed by atoms with Gasteiger partial charge in [0.1, 0.15) is 11.6 Å². The Labute approximate surface area is 167 Å². The molecule has 0 radical (unpaired) electrons. The highest BCUT2D eigenvalue weighted by atomic mass is 35.5. The average molecular weight is 435 g/mol. The predicted octanol–water partition coefficient (Wildman–Crippen LogP) is 3.71. The number of carbonyl (C=O) groups excluding carboxylic acids is 2. The lowest BCUT2D eigenvalue weighted by Crippen LogP contribution is -2.30. The van der Waals surface area contributed by atoms with Gasteiger partial charge in [-0.05, 0) is 30.3 Å². The van der Waals surface area contributed by atoms with E-state index in [1.807, 2.05) is 0 Å². The highest BCUT2D eigenvalue weighted by Crippen LogP contribution is 2.28. The molecule has 5 N–H and O–H groups in total. The molecule has 0 spiro atoms. The fourth-order valence-corrected chi connectivity index (χ4v) is 2.44. The van der Waals surface area contributed by atoms with Crippen LogP contribution < -0.4 is 26.4 Å². The minimum absolute atomic E-state index is 0.00988. The lowest BCUT2D eigenvalue weighted by atomic mass is 10.1. The van der Waals surface area contributed by atoms with Gasteiger partial charge in [-0.15, -0.1) is 13.2 Å². The third-order valence-corrected chi connectivity index (χ3v) is 3.49. The van der Waals surface area contributed by atoms with Crippen molar-refractivity contribution in [2.24, 2.45) is 5.73 Å². The Balaban J connectivity index is 2.27. The van der Waals surface area contributed by atoms with Gasteiger partial charge in [0.2, 0.25) is 0 Å². The molecule has 0 aliphatic heterocycles. The Morgan fingerprint density at radius 1 is 1.10 bits per heavy atom. The second kappa shape index (κ2) is 9.43. The van der Waals surface area contributed by atoms with Gasteiger partial charge in [0, 0.05) is 29.9 Å². The fraction of sp³-hybridized carbons (Fsp3) is 0.176. The van der Waals surface area contributed by atoms with Crippen LogP contribution >= 0.6 is 11.6 Å². The minimum Gasteiger partial charge on any atom is -0.406 e. The molecule has 0 aliphatic rings. The second-order valence-electron chi connectivity index (χ2n) is 5.54. The average Bonchev–Trinajstić information content (AvgIpc) is 2.57. The molecule has 0 fully saturated rings. The lowest BCUT2D eigenvalue weighted by Gasteiger charge is -2.15. The zero-order valence-electron chi connectivity index (χ0n) is 14.6. The summed E-state index contributed by atoms with van der Waals surface area (Å²) in [4.78, 5) is 24.4. The summed E-state index contributed by atoms with van der Waals surface area (Å²) in [6, 6.07) is 5.07. The molecule has 0 aromatic heterocycles. The van der Waals surface area contributed by atoms with Gasteiger partial charge >= 0.3 is 12.4 Å². The van der Waals surface area contributed by atoms with Crippen LogP contribution in [0.5, 0.6) is 5.75 Å². The van der Waals surface area contributed by atoms with E-state index in [2.05, 4.69) is 20.7 Å². The Bertz CT molecular complexity index is 888. The van der Waals surface area contributed by atoms with Crippen LogP contribution in [0.2, 0.25) is 5.02 Å². The first-order chi connectivity index (χ1) is 13.6. The van der Waals surface area contributed by atoms with Crippen molar-refractivity contribution >= 4 is 34.9 Å². The molecule has 2 rings (SSSR count). The van der Waals surface area contributed by atoms with E-state index in [1.165, 1.54) is 6.07 Å². The van der Waals surface area contributed by atoms with Gasteiger partial charge in [0.05, 0.1) is 11.3 Å². The van der Waals surface area contributed by atoms with Gasteiger partial charge in [-0.25, -0.2) is 9.18 Å². The van der Waals surface area contributed by atoms with Crippen molar-refractivity contribution in [1.82, 2.24) is 5.32 Å². The number of benzene rings is 2. The number of hydrogen-bond acceptors (Lipinski definition) is 4. The van der Waals surface area contributed by atoms with E-state index in [1.54, 1.807) is 0 Å². The number of nitrogens with two attached hydrogens (primary N) is 1. The molecule has 0 saturated heterocycles. The van der Waals surface area contributed by atoms with Crippen molar-refractivity contribution in [3.05, 3.63) is 52.8 Å². The van der Waals surface area contributed by atoms with Crippen molar-refractivity contribution in [3.63, 3.8) is 0 Å². The highest BCUT2D eigenvalue weighted by Gasteiger charge is 2.31. The predicted molar refractivity (Wildman–Crippen MR) is 98.6 cm³/mol. The number of ether oxygens (including phenoxy) is 1. The number of amides is 3. The molecule has 0 atom stereocenters. The molecular weight excluding hydrogens is 420 g/mol. The molecule has 156 valence electrons. The van der Waals surface area contributed by atoms with E-state index in [4.69, 9.17) is 17.3 Å². The van der Waals surface area contributed by atoms with Gasteiger partial charge < -0.3 is 26.4 Å². The molecule has 2 aromatic carbocycles. The van der Waals surface area contributed by atoms with E-state index in [-0.39, 0.29) is 35.1 Å². The Morgan fingerprint density at radius 2 is 1.83 bits per heavy atom. The summed E-state index contributed by atoms with van der Waals surface area (Å²) >= 11 is 5.69. The van der Waals surface area contributed by atoms with E-state index >= 15 is 0 Å². The van der Waals surface area contributed by atoms with Crippen LogP contribution in [-0.4, -0.2) is 31.4 Å². The molecule has 29 heavy (non-hydrogen) atoms. The number of anilines is 2. The SMILES string of the molecule is NCCNC(=O)c1ccc(OC(F)(F)F)cc1NC(=O)Nc1cc(F)cc(Cl)c1. The molecule has 0 saturated carbocycles. The fourth-order valence-electron chi connectivity index (χ4n) is 2.21. The van der Waals surface area contributed by atoms with Crippen LogP contribution in [0.15, 0.2) is 36.4 Å². The normalized spacial score (nSPS) is 11.0. The first-order valence-corrected chi connectivity index (χ1v) is 8.37. The Morgan fingerprint density at radius 3 is 2.45 bits per heavy atom. The standard InChI is InChI=1S/C17H15ClF4N4O3/c18-9-5-10(19)7-11(6-9)25-16(28)26-14-8-12(29-17(20,21)22)1-2-13(14)15(27)24-4-3-23/h1-2,5-8H,3-4,23H2,(H,24,27)(H2,25,26,28). The minimum atomic E-state index is -4.97. The summed E-state index contributed by atoms with van der Waals surface area (Å²) in [5.41, 5.74) is 4.87. The maximum Gasteiger partial charge on any atom is 0.573 e.